The lowest BCUT2D eigenvalue weighted by atomic mass is 10.0. The van der Waals surface area contributed by atoms with E-state index < -0.39 is 5.66 Å². The second-order valence-electron chi connectivity index (χ2n) is 2.51. The van der Waals surface area contributed by atoms with Crippen LogP contribution in [0.1, 0.15) is 6.42 Å². The predicted octanol–water partition coefficient (Wildman–Crippen LogP) is 1.28. The van der Waals surface area contributed by atoms with Crippen molar-refractivity contribution in [3.05, 3.63) is 33.7 Å². The summed E-state index contributed by atoms with van der Waals surface area (Å²) in [6, 6.07) is 0. The minimum atomic E-state index is -1.42. The summed E-state index contributed by atoms with van der Waals surface area (Å²) in [5, 5.41) is 8.23. The number of likely N-dealkylation sites (N-methyl/N-ethyl adjacent to an activating group) is 1. The number of rotatable bonds is 3. The molecule has 0 spiro atoms. The van der Waals surface area contributed by atoms with Crippen molar-refractivity contribution in [1.82, 2.24) is 5.32 Å². The largest absolute Gasteiger partial charge is 0.388 e. The summed E-state index contributed by atoms with van der Waals surface area (Å²) in [5.41, 5.74) is -0.557. The average Bonchev–Trinajstić information content (AvgIpc) is 2.18. The van der Waals surface area contributed by atoms with Gasteiger partial charge in [-0.1, -0.05) is 6.08 Å². The van der Waals surface area contributed by atoms with Crippen LogP contribution >= 0.6 is 0 Å². The molecule has 1 rings (SSSR count). The Morgan fingerprint density at radius 1 is 1.50 bits per heavy atom. The summed E-state index contributed by atoms with van der Waals surface area (Å²) in [4.78, 5) is 20.5. The highest BCUT2D eigenvalue weighted by Crippen LogP contribution is 2.24. The Labute approximate surface area is 69.5 Å². The van der Waals surface area contributed by atoms with E-state index in [9.17, 15) is 9.81 Å². The molecule has 1 aliphatic rings. The van der Waals surface area contributed by atoms with Gasteiger partial charge < -0.3 is 5.32 Å². The van der Waals surface area contributed by atoms with Gasteiger partial charge in [0.25, 0.3) is 5.66 Å². The summed E-state index contributed by atoms with van der Waals surface area (Å²) >= 11 is 0. The summed E-state index contributed by atoms with van der Waals surface area (Å²) in [6.07, 6.45) is 4.96. The van der Waals surface area contributed by atoms with E-state index in [1.54, 1.807) is 19.2 Å². The van der Waals surface area contributed by atoms with E-state index in [4.69, 9.17) is 0 Å². The molecule has 0 saturated carbocycles. The summed E-state index contributed by atoms with van der Waals surface area (Å²) in [5.74, 6) is 0. The molecule has 0 radical (unpaired) electrons. The van der Waals surface area contributed by atoms with Gasteiger partial charge in [-0.05, 0) is 22.5 Å². The standard InChI is InChI=1S/C7H9N3O2/c1-8-6-2-4-7(9-11,10-12)5-3-6/h2-4,8H,5H2,1H3. The highest BCUT2D eigenvalue weighted by atomic mass is 16.3. The molecule has 0 aliphatic heterocycles. The summed E-state index contributed by atoms with van der Waals surface area (Å²) in [6.45, 7) is 0. The first kappa shape index (κ1) is 8.58. The van der Waals surface area contributed by atoms with Crippen LogP contribution in [-0.4, -0.2) is 12.7 Å². The molecule has 0 atom stereocenters. The second-order valence-corrected chi connectivity index (χ2v) is 2.51. The molecule has 0 bridgehead atoms. The maximum atomic E-state index is 10.3. The summed E-state index contributed by atoms with van der Waals surface area (Å²) < 4.78 is 0. The van der Waals surface area contributed by atoms with Crippen molar-refractivity contribution < 1.29 is 0 Å². The van der Waals surface area contributed by atoms with Gasteiger partial charge in [-0.15, -0.1) is 9.81 Å². The van der Waals surface area contributed by atoms with E-state index in [1.165, 1.54) is 6.08 Å². The SMILES string of the molecule is CNC1=CCC(N=O)(N=O)C=C1. The number of nitrogens with zero attached hydrogens (tertiary/aromatic N) is 2. The van der Waals surface area contributed by atoms with Crippen molar-refractivity contribution in [1.29, 1.82) is 0 Å². The molecular weight excluding hydrogens is 158 g/mol. The second kappa shape index (κ2) is 3.25. The van der Waals surface area contributed by atoms with E-state index in [-0.39, 0.29) is 6.42 Å². The Morgan fingerprint density at radius 3 is 2.50 bits per heavy atom. The first-order valence-corrected chi connectivity index (χ1v) is 3.52. The Balaban J connectivity index is 2.81. The van der Waals surface area contributed by atoms with Crippen molar-refractivity contribution >= 4 is 0 Å². The van der Waals surface area contributed by atoms with Gasteiger partial charge in [-0.2, -0.15) is 0 Å². The van der Waals surface area contributed by atoms with Gasteiger partial charge in [0.1, 0.15) is 0 Å². The third kappa shape index (κ3) is 1.39. The highest BCUT2D eigenvalue weighted by Gasteiger charge is 2.30. The minimum absolute atomic E-state index is 0.229. The lowest BCUT2D eigenvalue weighted by molar-refractivity contribution is 0.548. The molecule has 0 unspecified atom stereocenters. The smallest absolute Gasteiger partial charge is 0.254 e. The van der Waals surface area contributed by atoms with Crippen molar-refractivity contribution in [2.24, 2.45) is 10.4 Å². The first-order chi connectivity index (χ1) is 5.76. The lowest BCUT2D eigenvalue weighted by Crippen LogP contribution is -2.22. The van der Waals surface area contributed by atoms with E-state index in [0.717, 1.165) is 5.70 Å². The molecule has 0 fully saturated rings. The van der Waals surface area contributed by atoms with Crippen molar-refractivity contribution in [3.8, 4) is 0 Å². The van der Waals surface area contributed by atoms with Crippen molar-refractivity contribution in [2.45, 2.75) is 12.1 Å². The van der Waals surface area contributed by atoms with E-state index in [0.29, 0.717) is 0 Å². The molecule has 0 aromatic carbocycles. The van der Waals surface area contributed by atoms with E-state index in [2.05, 4.69) is 15.7 Å². The topological polar surface area (TPSA) is 70.9 Å². The van der Waals surface area contributed by atoms with Crippen LogP contribution in [0.4, 0.5) is 0 Å². The Bertz CT molecular complexity index is 249. The zero-order chi connectivity index (χ0) is 9.03. The molecule has 1 N–H and O–H groups in total. The third-order valence-corrected chi connectivity index (χ3v) is 1.76. The number of allylic oxidation sites excluding steroid dienone is 1. The van der Waals surface area contributed by atoms with Crippen LogP contribution < -0.4 is 5.32 Å². The fraction of sp³-hybridized carbons (Fsp3) is 0.429. The maximum absolute atomic E-state index is 10.3. The molecule has 0 aromatic heterocycles. The van der Waals surface area contributed by atoms with Gasteiger partial charge in [0, 0.05) is 19.2 Å². The van der Waals surface area contributed by atoms with Gasteiger partial charge >= 0.3 is 0 Å². The molecule has 0 saturated heterocycles. The average molecular weight is 167 g/mol. The van der Waals surface area contributed by atoms with Gasteiger partial charge in [0.15, 0.2) is 0 Å². The molecule has 0 amide bonds. The molecular formula is C7H9N3O2. The Morgan fingerprint density at radius 2 is 2.17 bits per heavy atom. The Hall–Kier alpha value is -1.52. The number of nitrogens with one attached hydrogen (secondary N) is 1. The number of hydrogen-bond acceptors (Lipinski definition) is 5. The van der Waals surface area contributed by atoms with E-state index in [1.807, 2.05) is 0 Å². The van der Waals surface area contributed by atoms with Crippen molar-refractivity contribution in [3.63, 3.8) is 0 Å². The first-order valence-electron chi connectivity index (χ1n) is 3.52. The zero-order valence-corrected chi connectivity index (χ0v) is 6.65. The maximum Gasteiger partial charge on any atom is 0.254 e. The highest BCUT2D eigenvalue weighted by molar-refractivity contribution is 5.27. The molecule has 5 nitrogen and oxygen atoms in total. The van der Waals surface area contributed by atoms with Crippen LogP contribution in [0, 0.1) is 9.81 Å². The molecule has 1 aliphatic carbocycles. The minimum Gasteiger partial charge on any atom is -0.388 e. The molecule has 5 heteroatoms. The normalized spacial score (nSPS) is 19.6. The Kier molecular flexibility index (Phi) is 2.32. The predicted molar refractivity (Wildman–Crippen MR) is 45.2 cm³/mol. The fourth-order valence-corrected chi connectivity index (χ4v) is 0.957. The summed E-state index contributed by atoms with van der Waals surface area (Å²) in [7, 11) is 1.76. The van der Waals surface area contributed by atoms with Crippen LogP contribution in [0.15, 0.2) is 34.3 Å². The van der Waals surface area contributed by atoms with Crippen LogP contribution in [0.5, 0.6) is 0 Å². The third-order valence-electron chi connectivity index (χ3n) is 1.76. The van der Waals surface area contributed by atoms with E-state index >= 15 is 0 Å². The number of nitroso groups, excluding NO2 is 2. The van der Waals surface area contributed by atoms with Gasteiger partial charge in [-0.25, -0.2) is 0 Å². The van der Waals surface area contributed by atoms with Gasteiger partial charge in [0.2, 0.25) is 0 Å². The lowest BCUT2D eigenvalue weighted by Gasteiger charge is -2.16. The van der Waals surface area contributed by atoms with Gasteiger partial charge in [0.05, 0.1) is 0 Å². The molecule has 12 heavy (non-hydrogen) atoms. The zero-order valence-electron chi connectivity index (χ0n) is 6.65. The molecule has 64 valence electrons. The fourth-order valence-electron chi connectivity index (χ4n) is 0.957. The van der Waals surface area contributed by atoms with Crippen molar-refractivity contribution in [2.75, 3.05) is 7.05 Å². The van der Waals surface area contributed by atoms with Crippen LogP contribution in [0.25, 0.3) is 0 Å². The van der Waals surface area contributed by atoms with Crippen LogP contribution in [0.3, 0.4) is 0 Å². The van der Waals surface area contributed by atoms with Crippen LogP contribution in [0.2, 0.25) is 0 Å². The number of hydrogen-bond donors (Lipinski definition) is 1. The monoisotopic (exact) mass is 167 g/mol. The molecule has 0 heterocycles. The van der Waals surface area contributed by atoms with Crippen LogP contribution in [-0.2, 0) is 0 Å². The van der Waals surface area contributed by atoms with Gasteiger partial charge in [-0.3, -0.25) is 0 Å². The quantitative estimate of drug-likeness (QED) is 0.643. The molecule has 0 aromatic rings.